The van der Waals surface area contributed by atoms with Crippen LogP contribution in [0.1, 0.15) is 29.8 Å². The van der Waals surface area contributed by atoms with Crippen LogP contribution in [0, 0.1) is 0 Å². The summed E-state index contributed by atoms with van der Waals surface area (Å²) in [5.74, 6) is 0.763. The van der Waals surface area contributed by atoms with E-state index in [-0.39, 0.29) is 5.91 Å². The van der Waals surface area contributed by atoms with Gasteiger partial charge in [0, 0.05) is 29.2 Å². The first-order valence-electron chi connectivity index (χ1n) is 7.41. The van der Waals surface area contributed by atoms with E-state index in [2.05, 4.69) is 0 Å². The van der Waals surface area contributed by atoms with E-state index in [1.165, 1.54) is 0 Å². The maximum Gasteiger partial charge on any atom is 0.253 e. The van der Waals surface area contributed by atoms with Crippen LogP contribution in [0.2, 0.25) is 5.02 Å². The van der Waals surface area contributed by atoms with Crippen LogP contribution in [0.25, 0.3) is 0 Å². The molecule has 22 heavy (non-hydrogen) atoms. The fourth-order valence-corrected chi connectivity index (χ4v) is 2.35. The minimum atomic E-state index is 0.0441. The predicted octanol–water partition coefficient (Wildman–Crippen LogP) is 4.40. The zero-order chi connectivity index (χ0) is 15.9. The summed E-state index contributed by atoms with van der Waals surface area (Å²) in [6.07, 6.45) is 0. The second kappa shape index (κ2) is 7.85. The molecule has 116 valence electrons. The lowest BCUT2D eigenvalue weighted by molar-refractivity contribution is 0.0773. The minimum Gasteiger partial charge on any atom is -0.489 e. The molecule has 2 rings (SSSR count). The highest BCUT2D eigenvalue weighted by Gasteiger charge is 2.12. The first-order chi connectivity index (χ1) is 10.7. The number of halogens is 1. The lowest BCUT2D eigenvalue weighted by atomic mass is 10.2. The van der Waals surface area contributed by atoms with Gasteiger partial charge in [-0.05, 0) is 44.2 Å². The molecule has 0 saturated heterocycles. The summed E-state index contributed by atoms with van der Waals surface area (Å²) in [5, 5.41) is 0.691. The predicted molar refractivity (Wildman–Crippen MR) is 89.5 cm³/mol. The number of amides is 1. The van der Waals surface area contributed by atoms with E-state index in [0.717, 1.165) is 11.3 Å². The highest BCUT2D eigenvalue weighted by Crippen LogP contribution is 2.19. The molecule has 2 aromatic rings. The third kappa shape index (κ3) is 4.01. The molecule has 0 fully saturated rings. The SMILES string of the molecule is CCN(CC)C(=O)c1ccc(OCc2ccccc2Cl)cc1. The van der Waals surface area contributed by atoms with Crippen LogP contribution < -0.4 is 4.74 Å². The molecule has 0 aliphatic heterocycles. The minimum absolute atomic E-state index is 0.0441. The molecular formula is C18H20ClNO2. The average Bonchev–Trinajstić information content (AvgIpc) is 2.55. The van der Waals surface area contributed by atoms with Crippen LogP contribution in [0.3, 0.4) is 0 Å². The van der Waals surface area contributed by atoms with E-state index in [4.69, 9.17) is 16.3 Å². The fourth-order valence-electron chi connectivity index (χ4n) is 2.16. The molecular weight excluding hydrogens is 298 g/mol. The lowest BCUT2D eigenvalue weighted by Gasteiger charge is -2.18. The Hall–Kier alpha value is -2.00. The second-order valence-electron chi connectivity index (χ2n) is 4.88. The zero-order valence-electron chi connectivity index (χ0n) is 12.9. The molecule has 0 N–H and O–H groups in total. The van der Waals surface area contributed by atoms with Crippen LogP contribution in [-0.4, -0.2) is 23.9 Å². The molecule has 0 radical (unpaired) electrons. The maximum absolute atomic E-state index is 12.2. The third-order valence-electron chi connectivity index (χ3n) is 3.50. The molecule has 0 spiro atoms. The van der Waals surface area contributed by atoms with Crippen molar-refractivity contribution in [1.82, 2.24) is 4.90 Å². The molecule has 4 heteroatoms. The van der Waals surface area contributed by atoms with Gasteiger partial charge in [0.15, 0.2) is 0 Å². The first-order valence-corrected chi connectivity index (χ1v) is 7.79. The Labute approximate surface area is 136 Å². The van der Waals surface area contributed by atoms with Gasteiger partial charge in [0.25, 0.3) is 5.91 Å². The van der Waals surface area contributed by atoms with Gasteiger partial charge in [-0.25, -0.2) is 0 Å². The molecule has 3 nitrogen and oxygen atoms in total. The number of hydrogen-bond acceptors (Lipinski definition) is 2. The molecule has 0 aliphatic rings. The van der Waals surface area contributed by atoms with Crippen molar-refractivity contribution < 1.29 is 9.53 Å². The molecule has 0 aromatic heterocycles. The van der Waals surface area contributed by atoms with Gasteiger partial charge in [0.05, 0.1) is 0 Å². The number of ether oxygens (including phenoxy) is 1. The van der Waals surface area contributed by atoms with Crippen molar-refractivity contribution in [2.75, 3.05) is 13.1 Å². The number of hydrogen-bond donors (Lipinski definition) is 0. The number of benzene rings is 2. The second-order valence-corrected chi connectivity index (χ2v) is 5.29. The van der Waals surface area contributed by atoms with Crippen LogP contribution in [-0.2, 0) is 6.61 Å². The van der Waals surface area contributed by atoms with Crippen molar-refractivity contribution in [3.05, 3.63) is 64.7 Å². The van der Waals surface area contributed by atoms with Crippen LogP contribution >= 0.6 is 11.6 Å². The molecule has 2 aromatic carbocycles. The zero-order valence-corrected chi connectivity index (χ0v) is 13.6. The average molecular weight is 318 g/mol. The molecule has 0 aliphatic carbocycles. The van der Waals surface area contributed by atoms with E-state index in [0.29, 0.717) is 30.3 Å². The van der Waals surface area contributed by atoms with E-state index in [1.54, 1.807) is 17.0 Å². The van der Waals surface area contributed by atoms with E-state index >= 15 is 0 Å². The van der Waals surface area contributed by atoms with Crippen molar-refractivity contribution >= 4 is 17.5 Å². The van der Waals surface area contributed by atoms with Gasteiger partial charge < -0.3 is 9.64 Å². The quantitative estimate of drug-likeness (QED) is 0.790. The summed E-state index contributed by atoms with van der Waals surface area (Å²) in [6.45, 7) is 5.77. The summed E-state index contributed by atoms with van der Waals surface area (Å²) in [5.41, 5.74) is 1.61. The summed E-state index contributed by atoms with van der Waals surface area (Å²) < 4.78 is 5.71. The van der Waals surface area contributed by atoms with Gasteiger partial charge in [-0.3, -0.25) is 4.79 Å². The van der Waals surface area contributed by atoms with Crippen molar-refractivity contribution in [3.63, 3.8) is 0 Å². The smallest absolute Gasteiger partial charge is 0.253 e. The Kier molecular flexibility index (Phi) is 5.84. The number of carbonyl (C=O) groups excluding carboxylic acids is 1. The molecule has 0 bridgehead atoms. The van der Waals surface area contributed by atoms with E-state index in [1.807, 2.05) is 50.2 Å². The fraction of sp³-hybridized carbons (Fsp3) is 0.278. The molecule has 0 atom stereocenters. The van der Waals surface area contributed by atoms with Gasteiger partial charge in [-0.2, -0.15) is 0 Å². The lowest BCUT2D eigenvalue weighted by Crippen LogP contribution is -2.30. The first kappa shape index (κ1) is 16.4. The Bertz CT molecular complexity index is 621. The summed E-state index contributed by atoms with van der Waals surface area (Å²) in [7, 11) is 0. The summed E-state index contributed by atoms with van der Waals surface area (Å²) in [4.78, 5) is 14.0. The maximum atomic E-state index is 12.2. The Morgan fingerprint density at radius 1 is 1.05 bits per heavy atom. The van der Waals surface area contributed by atoms with Crippen LogP contribution in [0.5, 0.6) is 5.75 Å². The number of nitrogens with zero attached hydrogens (tertiary/aromatic N) is 1. The normalized spacial score (nSPS) is 10.3. The molecule has 1 amide bonds. The van der Waals surface area contributed by atoms with Crippen molar-refractivity contribution in [1.29, 1.82) is 0 Å². The van der Waals surface area contributed by atoms with E-state index < -0.39 is 0 Å². The standard InChI is InChI=1S/C18H20ClNO2/c1-3-20(4-2)18(21)14-9-11-16(12-10-14)22-13-15-7-5-6-8-17(15)19/h5-12H,3-4,13H2,1-2H3. The highest BCUT2D eigenvalue weighted by atomic mass is 35.5. The monoisotopic (exact) mass is 317 g/mol. The molecule has 0 saturated carbocycles. The third-order valence-corrected chi connectivity index (χ3v) is 3.87. The van der Waals surface area contributed by atoms with Gasteiger partial charge in [0.2, 0.25) is 0 Å². The number of carbonyl (C=O) groups is 1. The molecule has 0 unspecified atom stereocenters. The largest absolute Gasteiger partial charge is 0.489 e. The Morgan fingerprint density at radius 3 is 2.27 bits per heavy atom. The Morgan fingerprint density at radius 2 is 1.68 bits per heavy atom. The highest BCUT2D eigenvalue weighted by molar-refractivity contribution is 6.31. The van der Waals surface area contributed by atoms with Crippen LogP contribution in [0.15, 0.2) is 48.5 Å². The van der Waals surface area contributed by atoms with Gasteiger partial charge in [0.1, 0.15) is 12.4 Å². The summed E-state index contributed by atoms with van der Waals surface area (Å²) in [6, 6.07) is 14.8. The van der Waals surface area contributed by atoms with Gasteiger partial charge >= 0.3 is 0 Å². The van der Waals surface area contributed by atoms with Crippen molar-refractivity contribution in [3.8, 4) is 5.75 Å². The topological polar surface area (TPSA) is 29.5 Å². The van der Waals surface area contributed by atoms with Crippen molar-refractivity contribution in [2.45, 2.75) is 20.5 Å². The summed E-state index contributed by atoms with van der Waals surface area (Å²) >= 11 is 6.09. The van der Waals surface area contributed by atoms with Crippen LogP contribution in [0.4, 0.5) is 0 Å². The molecule has 0 heterocycles. The van der Waals surface area contributed by atoms with Gasteiger partial charge in [-0.1, -0.05) is 29.8 Å². The van der Waals surface area contributed by atoms with E-state index in [9.17, 15) is 4.79 Å². The number of rotatable bonds is 6. The van der Waals surface area contributed by atoms with Crippen molar-refractivity contribution in [2.24, 2.45) is 0 Å². The van der Waals surface area contributed by atoms with Gasteiger partial charge in [-0.15, -0.1) is 0 Å². The Balaban J connectivity index is 2.00.